The van der Waals surface area contributed by atoms with Gasteiger partial charge in [-0.15, -0.1) is 0 Å². The molecule has 0 aliphatic heterocycles. The molecule has 4 nitrogen and oxygen atoms in total. The lowest BCUT2D eigenvalue weighted by molar-refractivity contribution is -0.123. The van der Waals surface area contributed by atoms with Gasteiger partial charge in [0.1, 0.15) is 17.3 Å². The van der Waals surface area contributed by atoms with Gasteiger partial charge in [0.25, 0.3) is 5.91 Å². The molecular formula is C18H17NO3S. The van der Waals surface area contributed by atoms with E-state index in [0.29, 0.717) is 6.54 Å². The van der Waals surface area contributed by atoms with E-state index >= 15 is 0 Å². The molecule has 1 N–H and O–H groups in total. The Morgan fingerprint density at radius 3 is 2.87 bits per heavy atom. The highest BCUT2D eigenvalue weighted by Crippen LogP contribution is 2.24. The van der Waals surface area contributed by atoms with Gasteiger partial charge >= 0.3 is 0 Å². The van der Waals surface area contributed by atoms with E-state index in [9.17, 15) is 4.79 Å². The maximum Gasteiger partial charge on any atom is 0.258 e. The van der Waals surface area contributed by atoms with E-state index in [0.717, 1.165) is 28.4 Å². The lowest BCUT2D eigenvalue weighted by Gasteiger charge is -2.08. The Hall–Kier alpha value is -2.53. The topological polar surface area (TPSA) is 51.5 Å². The van der Waals surface area contributed by atoms with Crippen molar-refractivity contribution in [1.82, 2.24) is 5.32 Å². The number of hydrogen-bond donors (Lipinski definition) is 1. The minimum Gasteiger partial charge on any atom is -0.484 e. The number of aryl methyl sites for hydroxylation is 1. The Morgan fingerprint density at radius 2 is 2.09 bits per heavy atom. The van der Waals surface area contributed by atoms with E-state index in [1.807, 2.05) is 60.1 Å². The number of benzene rings is 1. The second kappa shape index (κ2) is 7.15. The van der Waals surface area contributed by atoms with Gasteiger partial charge in [-0.3, -0.25) is 4.79 Å². The number of thiophene rings is 1. The fourth-order valence-electron chi connectivity index (χ4n) is 2.13. The van der Waals surface area contributed by atoms with E-state index in [1.165, 1.54) is 0 Å². The van der Waals surface area contributed by atoms with Crippen molar-refractivity contribution < 1.29 is 13.9 Å². The molecule has 0 spiro atoms. The van der Waals surface area contributed by atoms with Crippen LogP contribution >= 0.6 is 11.3 Å². The number of carbonyl (C=O) groups excluding carboxylic acids is 1. The first-order valence-corrected chi connectivity index (χ1v) is 8.23. The van der Waals surface area contributed by atoms with E-state index in [4.69, 9.17) is 9.15 Å². The average Bonchev–Trinajstić information content (AvgIpc) is 3.23. The van der Waals surface area contributed by atoms with Gasteiger partial charge in [-0.05, 0) is 42.1 Å². The largest absolute Gasteiger partial charge is 0.484 e. The number of furan rings is 1. The van der Waals surface area contributed by atoms with Crippen LogP contribution in [0.2, 0.25) is 0 Å². The Labute approximate surface area is 138 Å². The zero-order chi connectivity index (χ0) is 16.1. The molecule has 3 rings (SSSR count). The number of amides is 1. The number of rotatable bonds is 6. The van der Waals surface area contributed by atoms with Gasteiger partial charge in [-0.2, -0.15) is 11.3 Å². The highest BCUT2D eigenvalue weighted by molar-refractivity contribution is 7.08. The molecule has 0 aliphatic rings. The second-order valence-electron chi connectivity index (χ2n) is 5.11. The van der Waals surface area contributed by atoms with Gasteiger partial charge in [-0.1, -0.05) is 18.2 Å². The summed E-state index contributed by atoms with van der Waals surface area (Å²) in [5, 5.41) is 6.82. The normalized spacial score (nSPS) is 10.5. The van der Waals surface area contributed by atoms with Crippen LogP contribution in [0.3, 0.4) is 0 Å². The molecule has 2 heterocycles. The summed E-state index contributed by atoms with van der Waals surface area (Å²) in [5.41, 5.74) is 2.06. The van der Waals surface area contributed by atoms with Crippen LogP contribution in [0.4, 0.5) is 0 Å². The third kappa shape index (κ3) is 4.02. The summed E-state index contributed by atoms with van der Waals surface area (Å²) in [5.74, 6) is 2.07. The summed E-state index contributed by atoms with van der Waals surface area (Å²) in [7, 11) is 0. The van der Waals surface area contributed by atoms with Gasteiger partial charge < -0.3 is 14.5 Å². The fourth-order valence-corrected chi connectivity index (χ4v) is 2.78. The van der Waals surface area contributed by atoms with E-state index < -0.39 is 0 Å². The molecule has 0 radical (unpaired) electrons. The molecule has 0 saturated carbocycles. The summed E-state index contributed by atoms with van der Waals surface area (Å²) in [6, 6.07) is 13.4. The monoisotopic (exact) mass is 327 g/mol. The highest BCUT2D eigenvalue weighted by atomic mass is 32.1. The lowest BCUT2D eigenvalue weighted by atomic mass is 10.2. The van der Waals surface area contributed by atoms with E-state index in [1.54, 1.807) is 11.3 Å². The summed E-state index contributed by atoms with van der Waals surface area (Å²) in [6.07, 6.45) is 0. The Bertz CT molecular complexity index is 777. The quantitative estimate of drug-likeness (QED) is 0.744. The van der Waals surface area contributed by atoms with Crippen molar-refractivity contribution in [2.24, 2.45) is 0 Å². The maximum absolute atomic E-state index is 11.9. The minimum atomic E-state index is -0.179. The summed E-state index contributed by atoms with van der Waals surface area (Å²) >= 11 is 1.62. The van der Waals surface area contributed by atoms with Crippen molar-refractivity contribution in [3.05, 3.63) is 64.5 Å². The SMILES string of the molecule is Cc1ccccc1OCC(=O)NCc1ccc(-c2ccsc2)o1. The van der Waals surface area contributed by atoms with Gasteiger partial charge in [0.15, 0.2) is 6.61 Å². The predicted octanol–water partition coefficient (Wildman–Crippen LogP) is 4.01. The molecule has 0 unspecified atom stereocenters. The van der Waals surface area contributed by atoms with Crippen LogP contribution in [0, 0.1) is 6.92 Å². The van der Waals surface area contributed by atoms with Crippen LogP contribution in [0.5, 0.6) is 5.75 Å². The Morgan fingerprint density at radius 1 is 1.22 bits per heavy atom. The summed E-state index contributed by atoms with van der Waals surface area (Å²) in [6.45, 7) is 2.28. The molecule has 23 heavy (non-hydrogen) atoms. The molecule has 0 atom stereocenters. The molecular weight excluding hydrogens is 310 g/mol. The minimum absolute atomic E-state index is 0.0110. The van der Waals surface area contributed by atoms with Crippen molar-refractivity contribution in [2.75, 3.05) is 6.61 Å². The number of carbonyl (C=O) groups is 1. The standard InChI is InChI=1S/C18H17NO3S/c1-13-4-2-3-5-16(13)21-11-18(20)19-10-15-6-7-17(22-15)14-8-9-23-12-14/h2-9,12H,10-11H2,1H3,(H,19,20). The number of hydrogen-bond acceptors (Lipinski definition) is 4. The zero-order valence-corrected chi connectivity index (χ0v) is 13.6. The van der Waals surface area contributed by atoms with Crippen LogP contribution in [-0.4, -0.2) is 12.5 Å². The van der Waals surface area contributed by atoms with E-state index in [2.05, 4.69) is 5.32 Å². The first-order valence-electron chi connectivity index (χ1n) is 7.29. The summed E-state index contributed by atoms with van der Waals surface area (Å²) in [4.78, 5) is 11.9. The number of para-hydroxylation sites is 1. The molecule has 0 aliphatic carbocycles. The van der Waals surface area contributed by atoms with Crippen LogP contribution in [-0.2, 0) is 11.3 Å². The first-order chi connectivity index (χ1) is 11.2. The number of nitrogens with one attached hydrogen (secondary N) is 1. The lowest BCUT2D eigenvalue weighted by Crippen LogP contribution is -2.28. The van der Waals surface area contributed by atoms with Gasteiger partial charge in [0.2, 0.25) is 0 Å². The second-order valence-corrected chi connectivity index (χ2v) is 5.89. The van der Waals surface area contributed by atoms with Crippen molar-refractivity contribution >= 4 is 17.2 Å². The third-order valence-corrected chi connectivity index (χ3v) is 4.06. The first kappa shape index (κ1) is 15.4. The van der Waals surface area contributed by atoms with Crippen molar-refractivity contribution in [3.63, 3.8) is 0 Å². The molecule has 1 amide bonds. The third-order valence-electron chi connectivity index (χ3n) is 3.38. The molecule has 0 bridgehead atoms. The van der Waals surface area contributed by atoms with Crippen molar-refractivity contribution in [3.8, 4) is 17.1 Å². The van der Waals surface area contributed by atoms with Crippen molar-refractivity contribution in [1.29, 1.82) is 0 Å². The molecule has 1 aromatic carbocycles. The molecule has 2 aromatic heterocycles. The van der Waals surface area contributed by atoms with E-state index in [-0.39, 0.29) is 12.5 Å². The highest BCUT2D eigenvalue weighted by Gasteiger charge is 2.08. The van der Waals surface area contributed by atoms with Crippen LogP contribution in [0.15, 0.2) is 57.6 Å². The van der Waals surface area contributed by atoms with Crippen molar-refractivity contribution in [2.45, 2.75) is 13.5 Å². The molecule has 0 fully saturated rings. The molecule has 3 aromatic rings. The number of ether oxygens (including phenoxy) is 1. The fraction of sp³-hybridized carbons (Fsp3) is 0.167. The molecule has 118 valence electrons. The van der Waals surface area contributed by atoms with Gasteiger partial charge in [-0.25, -0.2) is 0 Å². The predicted molar refractivity (Wildman–Crippen MR) is 90.5 cm³/mol. The molecule has 5 heteroatoms. The van der Waals surface area contributed by atoms with Gasteiger partial charge in [0, 0.05) is 10.9 Å². The Kier molecular flexibility index (Phi) is 4.78. The summed E-state index contributed by atoms with van der Waals surface area (Å²) < 4.78 is 11.2. The van der Waals surface area contributed by atoms with Crippen LogP contribution < -0.4 is 10.1 Å². The molecule has 0 saturated heterocycles. The van der Waals surface area contributed by atoms with Gasteiger partial charge in [0.05, 0.1) is 6.54 Å². The zero-order valence-electron chi connectivity index (χ0n) is 12.7. The smallest absolute Gasteiger partial charge is 0.258 e. The van der Waals surface area contributed by atoms with Crippen LogP contribution in [0.1, 0.15) is 11.3 Å². The van der Waals surface area contributed by atoms with Crippen LogP contribution in [0.25, 0.3) is 11.3 Å². The average molecular weight is 327 g/mol. The maximum atomic E-state index is 11.9. The Balaban J connectivity index is 1.49.